The van der Waals surface area contributed by atoms with E-state index in [0.29, 0.717) is 35.2 Å². The molecule has 0 unspecified atom stereocenters. The van der Waals surface area contributed by atoms with E-state index < -0.39 is 0 Å². The van der Waals surface area contributed by atoms with E-state index in [2.05, 4.69) is 19.9 Å². The number of hydrogen-bond donors (Lipinski definition) is 1. The van der Waals surface area contributed by atoms with Crippen molar-refractivity contribution in [2.45, 2.75) is 32.1 Å². The van der Waals surface area contributed by atoms with Crippen molar-refractivity contribution in [2.75, 3.05) is 7.11 Å². The number of nitrogens with zero attached hydrogens (tertiary/aromatic N) is 3. The van der Waals surface area contributed by atoms with Crippen molar-refractivity contribution in [1.82, 2.24) is 19.9 Å². The molecule has 1 fully saturated rings. The van der Waals surface area contributed by atoms with Crippen molar-refractivity contribution in [2.24, 2.45) is 0 Å². The zero-order valence-corrected chi connectivity index (χ0v) is 11.5. The lowest BCUT2D eigenvalue weighted by Crippen LogP contribution is -2.15. The van der Waals surface area contributed by atoms with Crippen LogP contribution in [0.4, 0.5) is 0 Å². The van der Waals surface area contributed by atoms with Crippen LogP contribution in [0.25, 0.3) is 11.4 Å². The predicted molar refractivity (Wildman–Crippen MR) is 73.8 cm³/mol. The molecule has 0 amide bonds. The van der Waals surface area contributed by atoms with Gasteiger partial charge in [0.15, 0.2) is 0 Å². The van der Waals surface area contributed by atoms with Crippen LogP contribution in [0.5, 0.6) is 5.88 Å². The summed E-state index contributed by atoms with van der Waals surface area (Å²) in [5, 5.41) is 0. The Morgan fingerprint density at radius 3 is 2.75 bits per heavy atom. The van der Waals surface area contributed by atoms with Crippen LogP contribution < -0.4 is 10.3 Å². The van der Waals surface area contributed by atoms with E-state index in [-0.39, 0.29) is 5.56 Å². The van der Waals surface area contributed by atoms with Crippen molar-refractivity contribution in [1.29, 1.82) is 0 Å². The van der Waals surface area contributed by atoms with Gasteiger partial charge in [-0.25, -0.2) is 15.0 Å². The van der Waals surface area contributed by atoms with Crippen LogP contribution in [-0.4, -0.2) is 27.0 Å². The van der Waals surface area contributed by atoms with E-state index in [4.69, 9.17) is 4.74 Å². The molecule has 0 saturated heterocycles. The van der Waals surface area contributed by atoms with E-state index >= 15 is 0 Å². The summed E-state index contributed by atoms with van der Waals surface area (Å²) in [6, 6.07) is 0. The first-order chi connectivity index (χ1) is 9.74. The van der Waals surface area contributed by atoms with Gasteiger partial charge in [0.2, 0.25) is 5.88 Å². The standard InChI is InChI=1S/C14H16N4O2/c1-3-8-6-15-12(18-13(8)19)10-11(9-4-5-9)16-7-17-14(10)20-2/h6-7,9H,3-5H2,1-2H3,(H,15,18,19). The lowest BCUT2D eigenvalue weighted by Gasteiger charge is -2.10. The van der Waals surface area contributed by atoms with Gasteiger partial charge in [0.25, 0.3) is 5.56 Å². The fourth-order valence-electron chi connectivity index (χ4n) is 2.23. The van der Waals surface area contributed by atoms with Crippen molar-refractivity contribution in [3.05, 3.63) is 34.1 Å². The lowest BCUT2D eigenvalue weighted by atomic mass is 10.1. The SMILES string of the molecule is CCc1cnc(-c2c(OC)ncnc2C2CC2)[nH]c1=O. The maximum Gasteiger partial charge on any atom is 0.254 e. The van der Waals surface area contributed by atoms with Crippen molar-refractivity contribution in [3.8, 4) is 17.3 Å². The highest BCUT2D eigenvalue weighted by atomic mass is 16.5. The molecule has 1 aliphatic rings. The third kappa shape index (κ3) is 2.17. The molecule has 20 heavy (non-hydrogen) atoms. The van der Waals surface area contributed by atoms with Crippen LogP contribution in [0.2, 0.25) is 0 Å². The molecule has 0 atom stereocenters. The zero-order valence-electron chi connectivity index (χ0n) is 11.5. The first kappa shape index (κ1) is 12.8. The molecule has 1 saturated carbocycles. The quantitative estimate of drug-likeness (QED) is 0.915. The predicted octanol–water partition coefficient (Wildman–Crippen LogP) is 1.68. The summed E-state index contributed by atoms with van der Waals surface area (Å²) < 4.78 is 5.30. The van der Waals surface area contributed by atoms with Crippen molar-refractivity contribution >= 4 is 0 Å². The Morgan fingerprint density at radius 2 is 2.15 bits per heavy atom. The average Bonchev–Trinajstić information content (AvgIpc) is 3.31. The summed E-state index contributed by atoms with van der Waals surface area (Å²) in [6.45, 7) is 1.92. The molecule has 0 aromatic carbocycles. The molecule has 1 N–H and O–H groups in total. The fraction of sp³-hybridized carbons (Fsp3) is 0.429. The highest BCUT2D eigenvalue weighted by Gasteiger charge is 2.31. The fourth-order valence-corrected chi connectivity index (χ4v) is 2.23. The highest BCUT2D eigenvalue weighted by molar-refractivity contribution is 5.65. The summed E-state index contributed by atoms with van der Waals surface area (Å²) in [5.41, 5.74) is 2.16. The first-order valence-corrected chi connectivity index (χ1v) is 6.72. The lowest BCUT2D eigenvalue weighted by molar-refractivity contribution is 0.397. The largest absolute Gasteiger partial charge is 0.480 e. The van der Waals surface area contributed by atoms with E-state index in [0.717, 1.165) is 18.5 Å². The molecule has 1 aliphatic carbocycles. The molecular weight excluding hydrogens is 256 g/mol. The molecule has 2 aromatic rings. The molecule has 2 aromatic heterocycles. The summed E-state index contributed by atoms with van der Waals surface area (Å²) in [4.78, 5) is 27.6. The summed E-state index contributed by atoms with van der Waals surface area (Å²) in [5.74, 6) is 1.35. The van der Waals surface area contributed by atoms with Gasteiger partial charge in [0, 0.05) is 17.7 Å². The van der Waals surface area contributed by atoms with Crippen LogP contribution in [0.3, 0.4) is 0 Å². The van der Waals surface area contributed by atoms with Gasteiger partial charge in [0.05, 0.1) is 12.8 Å². The van der Waals surface area contributed by atoms with Gasteiger partial charge in [-0.2, -0.15) is 0 Å². The molecule has 3 rings (SSSR count). The molecule has 0 spiro atoms. The normalized spacial score (nSPS) is 14.3. The molecule has 2 heterocycles. The van der Waals surface area contributed by atoms with E-state index in [1.165, 1.54) is 6.33 Å². The summed E-state index contributed by atoms with van der Waals surface area (Å²) in [7, 11) is 1.56. The van der Waals surface area contributed by atoms with Crippen molar-refractivity contribution < 1.29 is 4.74 Å². The number of ether oxygens (including phenoxy) is 1. The van der Waals surface area contributed by atoms with Gasteiger partial charge < -0.3 is 9.72 Å². The number of H-pyrrole nitrogens is 1. The molecule has 0 radical (unpaired) electrons. The Kier molecular flexibility index (Phi) is 3.22. The molecule has 6 nitrogen and oxygen atoms in total. The maximum atomic E-state index is 12.0. The van der Waals surface area contributed by atoms with Gasteiger partial charge in [-0.15, -0.1) is 0 Å². The average molecular weight is 272 g/mol. The van der Waals surface area contributed by atoms with Gasteiger partial charge in [0.1, 0.15) is 17.7 Å². The smallest absolute Gasteiger partial charge is 0.254 e. The Labute approximate surface area is 116 Å². The van der Waals surface area contributed by atoms with Gasteiger partial charge in [-0.05, 0) is 19.3 Å². The number of nitrogens with one attached hydrogen (secondary N) is 1. The molecule has 0 bridgehead atoms. The first-order valence-electron chi connectivity index (χ1n) is 6.72. The number of rotatable bonds is 4. The van der Waals surface area contributed by atoms with Gasteiger partial charge in [-0.1, -0.05) is 6.92 Å². The molecular formula is C14H16N4O2. The Hall–Kier alpha value is -2.24. The number of aromatic amines is 1. The summed E-state index contributed by atoms with van der Waals surface area (Å²) in [6.07, 6.45) is 5.96. The maximum absolute atomic E-state index is 12.0. The number of methoxy groups -OCH3 is 1. The minimum atomic E-state index is -0.120. The molecule has 0 aliphatic heterocycles. The second-order valence-corrected chi connectivity index (χ2v) is 4.86. The van der Waals surface area contributed by atoms with Crippen LogP contribution in [-0.2, 0) is 6.42 Å². The Morgan fingerprint density at radius 1 is 1.35 bits per heavy atom. The van der Waals surface area contributed by atoms with Crippen LogP contribution in [0.1, 0.15) is 36.9 Å². The molecule has 104 valence electrons. The topological polar surface area (TPSA) is 80.8 Å². The summed E-state index contributed by atoms with van der Waals surface area (Å²) >= 11 is 0. The van der Waals surface area contributed by atoms with E-state index in [1.807, 2.05) is 6.92 Å². The van der Waals surface area contributed by atoms with E-state index in [1.54, 1.807) is 13.3 Å². The highest BCUT2D eigenvalue weighted by Crippen LogP contribution is 2.44. The second kappa shape index (κ2) is 5.03. The number of aryl methyl sites for hydroxylation is 1. The second-order valence-electron chi connectivity index (χ2n) is 4.86. The van der Waals surface area contributed by atoms with E-state index in [9.17, 15) is 4.79 Å². The van der Waals surface area contributed by atoms with Crippen molar-refractivity contribution in [3.63, 3.8) is 0 Å². The minimum Gasteiger partial charge on any atom is -0.480 e. The van der Waals surface area contributed by atoms with Gasteiger partial charge in [-0.3, -0.25) is 4.79 Å². The number of hydrogen-bond acceptors (Lipinski definition) is 5. The third-order valence-corrected chi connectivity index (χ3v) is 3.49. The monoisotopic (exact) mass is 272 g/mol. The van der Waals surface area contributed by atoms with Crippen LogP contribution in [0.15, 0.2) is 17.3 Å². The Bertz CT molecular complexity index is 692. The Balaban J connectivity index is 2.17. The minimum absolute atomic E-state index is 0.120. The van der Waals surface area contributed by atoms with Gasteiger partial charge >= 0.3 is 0 Å². The third-order valence-electron chi connectivity index (χ3n) is 3.49. The van der Waals surface area contributed by atoms with Crippen LogP contribution >= 0.6 is 0 Å². The zero-order chi connectivity index (χ0) is 14.1. The van der Waals surface area contributed by atoms with Crippen LogP contribution in [0, 0.1) is 0 Å². The molecule has 6 heteroatoms. The number of aromatic nitrogens is 4.